The maximum atomic E-state index is 5.79. The van der Waals surface area contributed by atoms with E-state index in [2.05, 4.69) is 4.90 Å². The summed E-state index contributed by atoms with van der Waals surface area (Å²) in [5.41, 5.74) is 7.39. The van der Waals surface area contributed by atoms with E-state index in [1.165, 1.54) is 25.7 Å². The van der Waals surface area contributed by atoms with E-state index in [9.17, 15) is 0 Å². The lowest BCUT2D eigenvalue weighted by Gasteiger charge is -2.27. The predicted octanol–water partition coefficient (Wildman–Crippen LogP) is 2.57. The van der Waals surface area contributed by atoms with Crippen LogP contribution in [0, 0.1) is 0 Å². The molecule has 4 nitrogen and oxygen atoms in total. The molecule has 2 aliphatic rings. The molecule has 4 heteroatoms. The number of benzene rings is 1. The number of ether oxygens (including phenoxy) is 1. The number of anilines is 1. The van der Waals surface area contributed by atoms with Crippen molar-refractivity contribution in [3.63, 3.8) is 0 Å². The summed E-state index contributed by atoms with van der Waals surface area (Å²) in [6.45, 7) is 2.77. The molecule has 0 radical (unpaired) electrons. The molecule has 1 saturated heterocycles. The van der Waals surface area contributed by atoms with Crippen LogP contribution in [-0.2, 0) is 0 Å². The average molecular weight is 245 g/mol. The predicted molar refractivity (Wildman–Crippen MR) is 73.5 cm³/mol. The van der Waals surface area contributed by atoms with Gasteiger partial charge in [-0.1, -0.05) is 12.8 Å². The molecule has 0 saturated carbocycles. The van der Waals surface area contributed by atoms with Crippen molar-refractivity contribution in [3.8, 4) is 5.75 Å². The van der Waals surface area contributed by atoms with Crippen LogP contribution in [0.4, 0.5) is 11.4 Å². The van der Waals surface area contributed by atoms with Crippen LogP contribution in [-0.4, -0.2) is 30.4 Å². The zero-order valence-corrected chi connectivity index (χ0v) is 10.6. The van der Waals surface area contributed by atoms with Gasteiger partial charge in [-0.3, -0.25) is 0 Å². The molecule has 0 amide bonds. The third-order valence-electron chi connectivity index (χ3n) is 3.56. The van der Waals surface area contributed by atoms with E-state index in [-0.39, 0.29) is 0 Å². The van der Waals surface area contributed by atoms with Gasteiger partial charge < -0.3 is 15.4 Å². The molecule has 1 aromatic carbocycles. The lowest BCUT2D eigenvalue weighted by atomic mass is 10.2. The van der Waals surface area contributed by atoms with Crippen molar-refractivity contribution in [1.82, 2.24) is 4.90 Å². The van der Waals surface area contributed by atoms with Crippen LogP contribution >= 0.6 is 0 Å². The maximum Gasteiger partial charge on any atom is 0.146 e. The van der Waals surface area contributed by atoms with Crippen molar-refractivity contribution < 1.29 is 4.74 Å². The molecule has 0 spiro atoms. The summed E-state index contributed by atoms with van der Waals surface area (Å²) in [5, 5.41) is 0. The molecule has 2 heterocycles. The Balaban J connectivity index is 1.85. The van der Waals surface area contributed by atoms with Crippen molar-refractivity contribution in [3.05, 3.63) is 18.2 Å². The summed E-state index contributed by atoms with van der Waals surface area (Å²) in [4.78, 5) is 7.07. The van der Waals surface area contributed by atoms with Crippen LogP contribution in [0.2, 0.25) is 0 Å². The Bertz CT molecular complexity index is 462. The summed E-state index contributed by atoms with van der Waals surface area (Å²) in [5.74, 6) is 1.89. The van der Waals surface area contributed by atoms with Crippen LogP contribution in [0.1, 0.15) is 25.7 Å². The number of hydrogen-bond donors (Lipinski definition) is 1. The van der Waals surface area contributed by atoms with Gasteiger partial charge in [-0.05, 0) is 31.0 Å². The van der Waals surface area contributed by atoms with E-state index in [1.807, 2.05) is 18.2 Å². The first-order valence-corrected chi connectivity index (χ1v) is 6.68. The number of nitrogen functional groups attached to an aromatic ring is 1. The van der Waals surface area contributed by atoms with E-state index >= 15 is 0 Å². The van der Waals surface area contributed by atoms with Gasteiger partial charge in [-0.15, -0.1) is 0 Å². The number of amidine groups is 1. The molecular weight excluding hydrogens is 226 g/mol. The SMILES string of the molecule is Nc1ccc2c(c1)N=C(N1CCCCCC1)CO2. The van der Waals surface area contributed by atoms with Gasteiger partial charge in [-0.2, -0.15) is 0 Å². The van der Waals surface area contributed by atoms with Crippen LogP contribution in [0.15, 0.2) is 23.2 Å². The fourth-order valence-electron chi connectivity index (χ4n) is 2.55. The van der Waals surface area contributed by atoms with Crippen molar-refractivity contribution >= 4 is 17.2 Å². The molecule has 18 heavy (non-hydrogen) atoms. The highest BCUT2D eigenvalue weighted by molar-refractivity contribution is 5.89. The second-order valence-electron chi connectivity index (χ2n) is 4.95. The topological polar surface area (TPSA) is 50.8 Å². The highest BCUT2D eigenvalue weighted by Crippen LogP contribution is 2.33. The second-order valence-corrected chi connectivity index (χ2v) is 4.95. The summed E-state index contributed by atoms with van der Waals surface area (Å²) in [6.07, 6.45) is 5.16. The van der Waals surface area contributed by atoms with E-state index in [4.69, 9.17) is 15.5 Å². The summed E-state index contributed by atoms with van der Waals surface area (Å²) >= 11 is 0. The minimum atomic E-state index is 0.580. The molecule has 2 N–H and O–H groups in total. The molecule has 0 aromatic heterocycles. The van der Waals surface area contributed by atoms with E-state index in [0.29, 0.717) is 6.61 Å². The van der Waals surface area contributed by atoms with Gasteiger partial charge in [-0.25, -0.2) is 4.99 Å². The normalized spacial score (nSPS) is 19.6. The Labute approximate surface area is 107 Å². The first kappa shape index (κ1) is 11.4. The molecule has 0 bridgehead atoms. The minimum Gasteiger partial charge on any atom is -0.483 e. The molecule has 1 aromatic rings. The van der Waals surface area contributed by atoms with E-state index < -0.39 is 0 Å². The Morgan fingerprint density at radius 1 is 1.11 bits per heavy atom. The smallest absolute Gasteiger partial charge is 0.146 e. The number of hydrogen-bond acceptors (Lipinski definition) is 4. The van der Waals surface area contributed by atoms with E-state index in [0.717, 1.165) is 36.0 Å². The number of rotatable bonds is 0. The average Bonchev–Trinajstić information content (AvgIpc) is 2.66. The second kappa shape index (κ2) is 4.88. The third kappa shape index (κ3) is 2.28. The molecular formula is C14H19N3O. The largest absolute Gasteiger partial charge is 0.483 e. The Morgan fingerprint density at radius 3 is 2.67 bits per heavy atom. The van der Waals surface area contributed by atoms with Crippen LogP contribution in [0.25, 0.3) is 0 Å². The molecule has 3 rings (SSSR count). The lowest BCUT2D eigenvalue weighted by Crippen LogP contribution is -2.36. The molecule has 1 fully saturated rings. The summed E-state index contributed by atoms with van der Waals surface area (Å²) in [6, 6.07) is 5.63. The first-order chi connectivity index (χ1) is 8.83. The van der Waals surface area contributed by atoms with Gasteiger partial charge in [0, 0.05) is 18.8 Å². The zero-order chi connectivity index (χ0) is 12.4. The maximum absolute atomic E-state index is 5.79. The van der Waals surface area contributed by atoms with Gasteiger partial charge in [0.2, 0.25) is 0 Å². The number of fused-ring (bicyclic) bond motifs is 1. The molecule has 0 aliphatic carbocycles. The molecule has 0 atom stereocenters. The van der Waals surface area contributed by atoms with Crippen molar-refractivity contribution in [2.24, 2.45) is 4.99 Å². The number of nitrogens with two attached hydrogens (primary N) is 1. The first-order valence-electron chi connectivity index (χ1n) is 6.68. The fourth-order valence-corrected chi connectivity index (χ4v) is 2.55. The third-order valence-corrected chi connectivity index (χ3v) is 3.56. The summed E-state index contributed by atoms with van der Waals surface area (Å²) in [7, 11) is 0. The van der Waals surface area contributed by atoms with Crippen molar-refractivity contribution in [2.75, 3.05) is 25.4 Å². The Morgan fingerprint density at radius 2 is 1.89 bits per heavy atom. The number of nitrogens with zero attached hydrogens (tertiary/aromatic N) is 2. The highest BCUT2D eigenvalue weighted by Gasteiger charge is 2.19. The van der Waals surface area contributed by atoms with Crippen molar-refractivity contribution in [2.45, 2.75) is 25.7 Å². The van der Waals surface area contributed by atoms with Gasteiger partial charge in [0.25, 0.3) is 0 Å². The molecule has 2 aliphatic heterocycles. The molecule has 96 valence electrons. The van der Waals surface area contributed by atoms with Gasteiger partial charge in [0.05, 0.1) is 0 Å². The lowest BCUT2D eigenvalue weighted by molar-refractivity contribution is 0.331. The number of likely N-dealkylation sites (tertiary alicyclic amines) is 1. The highest BCUT2D eigenvalue weighted by atomic mass is 16.5. The monoisotopic (exact) mass is 245 g/mol. The standard InChI is InChI=1S/C14H19N3O/c15-11-5-6-13-12(9-11)16-14(10-18-13)17-7-3-1-2-4-8-17/h5-6,9H,1-4,7-8,10,15H2. The zero-order valence-electron chi connectivity index (χ0n) is 10.6. The minimum absolute atomic E-state index is 0.580. The van der Waals surface area contributed by atoms with Crippen LogP contribution in [0.5, 0.6) is 5.75 Å². The van der Waals surface area contributed by atoms with Gasteiger partial charge >= 0.3 is 0 Å². The van der Waals surface area contributed by atoms with E-state index in [1.54, 1.807) is 0 Å². The fraction of sp³-hybridized carbons (Fsp3) is 0.500. The number of aliphatic imine (C=N–C) groups is 1. The van der Waals surface area contributed by atoms with Crippen LogP contribution < -0.4 is 10.5 Å². The Hall–Kier alpha value is -1.71. The summed E-state index contributed by atoms with van der Waals surface area (Å²) < 4.78 is 5.76. The van der Waals surface area contributed by atoms with Gasteiger partial charge in [0.15, 0.2) is 0 Å². The van der Waals surface area contributed by atoms with Crippen molar-refractivity contribution in [1.29, 1.82) is 0 Å². The Kier molecular flexibility index (Phi) is 3.09. The quantitative estimate of drug-likeness (QED) is 0.715. The van der Waals surface area contributed by atoms with Gasteiger partial charge in [0.1, 0.15) is 23.9 Å². The molecule has 0 unspecified atom stereocenters. The van der Waals surface area contributed by atoms with Crippen LogP contribution in [0.3, 0.4) is 0 Å².